The third-order valence-corrected chi connectivity index (χ3v) is 4.43. The second-order valence-electron chi connectivity index (χ2n) is 6.62. The summed E-state index contributed by atoms with van der Waals surface area (Å²) in [6.07, 6.45) is -0.0764. The summed E-state index contributed by atoms with van der Waals surface area (Å²) in [5.74, 6) is -0.658. The summed E-state index contributed by atoms with van der Waals surface area (Å²) in [4.78, 5) is 37.8. The quantitative estimate of drug-likeness (QED) is 0.715. The fourth-order valence-electron chi connectivity index (χ4n) is 3.09. The predicted octanol–water partition coefficient (Wildman–Crippen LogP) is 1.13. The molecule has 0 saturated carbocycles. The van der Waals surface area contributed by atoms with Crippen molar-refractivity contribution >= 4 is 17.8 Å². The third kappa shape index (κ3) is 4.52. The maximum atomic E-state index is 12.4. The lowest BCUT2D eigenvalue weighted by atomic mass is 10.1. The number of carbonyl (C=O) groups excluding carboxylic acids is 3. The van der Waals surface area contributed by atoms with Crippen LogP contribution in [-0.4, -0.2) is 45.1 Å². The lowest BCUT2D eigenvalue weighted by Gasteiger charge is -2.13. The summed E-state index contributed by atoms with van der Waals surface area (Å²) in [6, 6.07) is 9.94. The maximum Gasteiger partial charge on any atom is 0.325 e. The summed E-state index contributed by atoms with van der Waals surface area (Å²) in [7, 11) is 0. The normalized spacial score (nSPS) is 16.5. The first-order chi connectivity index (χ1) is 12.9. The molecule has 8 heteroatoms. The molecule has 1 aliphatic heterocycles. The van der Waals surface area contributed by atoms with Crippen molar-refractivity contribution in [3.63, 3.8) is 0 Å². The van der Waals surface area contributed by atoms with Crippen molar-refractivity contribution in [3.05, 3.63) is 53.3 Å². The van der Waals surface area contributed by atoms with E-state index in [1.165, 1.54) is 0 Å². The van der Waals surface area contributed by atoms with Gasteiger partial charge < -0.3 is 10.6 Å². The number of imide groups is 1. The maximum absolute atomic E-state index is 12.4. The number of aryl methyl sites for hydroxylation is 2. The predicted molar refractivity (Wildman–Crippen MR) is 98.6 cm³/mol. The molecule has 1 fully saturated rings. The lowest BCUT2D eigenvalue weighted by Crippen LogP contribution is -2.37. The van der Waals surface area contributed by atoms with E-state index in [1.807, 2.05) is 54.9 Å². The minimum absolute atomic E-state index is 0.0764. The van der Waals surface area contributed by atoms with Crippen LogP contribution in [0.5, 0.6) is 0 Å². The largest absolute Gasteiger partial charge is 0.354 e. The molecule has 2 aromatic rings. The van der Waals surface area contributed by atoms with Gasteiger partial charge in [0, 0.05) is 12.2 Å². The molecule has 0 radical (unpaired) electrons. The molecule has 1 atom stereocenters. The van der Waals surface area contributed by atoms with E-state index in [9.17, 15) is 14.4 Å². The third-order valence-electron chi connectivity index (χ3n) is 4.43. The van der Waals surface area contributed by atoms with Gasteiger partial charge in [-0.15, -0.1) is 0 Å². The van der Waals surface area contributed by atoms with Gasteiger partial charge in [-0.3, -0.25) is 19.2 Å². The molecule has 1 saturated heterocycles. The van der Waals surface area contributed by atoms with Crippen molar-refractivity contribution < 1.29 is 14.4 Å². The summed E-state index contributed by atoms with van der Waals surface area (Å²) < 4.78 is 1.82. The van der Waals surface area contributed by atoms with Crippen molar-refractivity contribution in [3.8, 4) is 0 Å². The number of nitrogens with one attached hydrogen (secondary N) is 2. The molecule has 2 heterocycles. The van der Waals surface area contributed by atoms with E-state index in [2.05, 4.69) is 15.7 Å². The van der Waals surface area contributed by atoms with Crippen molar-refractivity contribution in [1.82, 2.24) is 25.3 Å². The van der Waals surface area contributed by atoms with Crippen LogP contribution in [0.4, 0.5) is 4.79 Å². The molecule has 142 valence electrons. The number of amides is 4. The summed E-state index contributed by atoms with van der Waals surface area (Å²) >= 11 is 0. The van der Waals surface area contributed by atoms with Gasteiger partial charge >= 0.3 is 6.03 Å². The van der Waals surface area contributed by atoms with E-state index in [-0.39, 0.29) is 24.8 Å². The highest BCUT2D eigenvalue weighted by molar-refractivity contribution is 6.05. The monoisotopic (exact) mass is 369 g/mol. The SMILES string of the molecule is Cc1cc(C)n(CCNC(=O)C[C@H]2NC(=O)N(Cc3ccccc3)C2=O)n1. The molecule has 8 nitrogen and oxygen atoms in total. The first-order valence-electron chi connectivity index (χ1n) is 8.87. The molecule has 1 aliphatic rings. The van der Waals surface area contributed by atoms with Crippen LogP contribution < -0.4 is 10.6 Å². The van der Waals surface area contributed by atoms with Crippen molar-refractivity contribution in [2.45, 2.75) is 39.4 Å². The topological polar surface area (TPSA) is 96.3 Å². The molecule has 27 heavy (non-hydrogen) atoms. The molecular formula is C19H23N5O3. The first kappa shape index (κ1) is 18.6. The van der Waals surface area contributed by atoms with Crippen LogP contribution in [0.3, 0.4) is 0 Å². The molecule has 4 amide bonds. The minimum atomic E-state index is -0.824. The Labute approximate surface area is 157 Å². The summed E-state index contributed by atoms with van der Waals surface area (Å²) in [6.45, 7) is 5.02. The second-order valence-corrected chi connectivity index (χ2v) is 6.62. The lowest BCUT2D eigenvalue weighted by molar-refractivity contribution is -0.131. The number of hydrogen-bond donors (Lipinski definition) is 2. The van der Waals surface area contributed by atoms with Gasteiger partial charge in [0.1, 0.15) is 6.04 Å². The second kappa shape index (κ2) is 8.03. The number of benzene rings is 1. The molecule has 0 aliphatic carbocycles. The summed E-state index contributed by atoms with van der Waals surface area (Å²) in [5.41, 5.74) is 2.81. The Morgan fingerprint density at radius 3 is 2.63 bits per heavy atom. The zero-order valence-corrected chi connectivity index (χ0v) is 15.4. The van der Waals surface area contributed by atoms with E-state index in [0.29, 0.717) is 13.1 Å². The average Bonchev–Trinajstić information content (AvgIpc) is 3.08. The molecule has 3 rings (SSSR count). The zero-order chi connectivity index (χ0) is 19.4. The van der Waals surface area contributed by atoms with Crippen LogP contribution in [0, 0.1) is 13.8 Å². The molecule has 1 aromatic heterocycles. The van der Waals surface area contributed by atoms with E-state index in [0.717, 1.165) is 21.9 Å². The van der Waals surface area contributed by atoms with E-state index in [4.69, 9.17) is 0 Å². The smallest absolute Gasteiger partial charge is 0.325 e. The summed E-state index contributed by atoms with van der Waals surface area (Å²) in [5, 5.41) is 9.69. The number of hydrogen-bond acceptors (Lipinski definition) is 4. The van der Waals surface area contributed by atoms with Gasteiger partial charge in [0.25, 0.3) is 5.91 Å². The van der Waals surface area contributed by atoms with Gasteiger partial charge in [-0.05, 0) is 25.5 Å². The molecule has 1 aromatic carbocycles. The van der Waals surface area contributed by atoms with Crippen LogP contribution in [0.2, 0.25) is 0 Å². The van der Waals surface area contributed by atoms with Crippen LogP contribution in [0.25, 0.3) is 0 Å². The number of carbonyl (C=O) groups is 3. The van der Waals surface area contributed by atoms with E-state index in [1.54, 1.807) is 0 Å². The minimum Gasteiger partial charge on any atom is -0.354 e. The van der Waals surface area contributed by atoms with Gasteiger partial charge in [0.2, 0.25) is 5.91 Å². The highest BCUT2D eigenvalue weighted by atomic mass is 16.2. The molecule has 0 spiro atoms. The zero-order valence-electron chi connectivity index (χ0n) is 15.4. The molecule has 2 N–H and O–H groups in total. The Kier molecular flexibility index (Phi) is 5.54. The average molecular weight is 369 g/mol. The van der Waals surface area contributed by atoms with Gasteiger partial charge in [0.05, 0.1) is 25.2 Å². The van der Waals surface area contributed by atoms with E-state index < -0.39 is 12.1 Å². The first-order valence-corrected chi connectivity index (χ1v) is 8.87. The van der Waals surface area contributed by atoms with Crippen molar-refractivity contribution in [1.29, 1.82) is 0 Å². The number of nitrogens with zero attached hydrogens (tertiary/aromatic N) is 3. The van der Waals surface area contributed by atoms with Gasteiger partial charge in [0.15, 0.2) is 0 Å². The number of rotatable bonds is 7. The molecular weight excluding hydrogens is 346 g/mol. The molecule has 0 unspecified atom stereocenters. The molecule has 0 bridgehead atoms. The van der Waals surface area contributed by atoms with Crippen molar-refractivity contribution in [2.24, 2.45) is 0 Å². The standard InChI is InChI=1S/C19H23N5O3/c1-13-10-14(2)24(22-13)9-8-20-17(25)11-16-18(26)23(19(27)21-16)12-15-6-4-3-5-7-15/h3-7,10,16H,8-9,11-12H2,1-2H3,(H,20,25)(H,21,27)/t16-/m1/s1. The van der Waals surface area contributed by atoms with Gasteiger partial charge in [-0.1, -0.05) is 30.3 Å². The number of aromatic nitrogens is 2. The Morgan fingerprint density at radius 1 is 1.22 bits per heavy atom. The Hall–Kier alpha value is -3.16. The van der Waals surface area contributed by atoms with Crippen molar-refractivity contribution in [2.75, 3.05) is 6.54 Å². The Balaban J connectivity index is 1.48. The highest BCUT2D eigenvalue weighted by Crippen LogP contribution is 2.14. The number of urea groups is 1. The van der Waals surface area contributed by atoms with Crippen LogP contribution in [0.1, 0.15) is 23.4 Å². The van der Waals surface area contributed by atoms with Gasteiger partial charge in [-0.2, -0.15) is 5.10 Å². The van der Waals surface area contributed by atoms with Crippen LogP contribution in [-0.2, 0) is 22.7 Å². The van der Waals surface area contributed by atoms with Crippen LogP contribution in [0.15, 0.2) is 36.4 Å². The fraction of sp³-hybridized carbons (Fsp3) is 0.368. The van der Waals surface area contributed by atoms with Crippen LogP contribution >= 0.6 is 0 Å². The Bertz CT molecular complexity index is 846. The highest BCUT2D eigenvalue weighted by Gasteiger charge is 2.38. The fourth-order valence-corrected chi connectivity index (χ4v) is 3.09. The van der Waals surface area contributed by atoms with E-state index >= 15 is 0 Å². The Morgan fingerprint density at radius 2 is 1.96 bits per heavy atom. The van der Waals surface area contributed by atoms with Gasteiger partial charge in [-0.25, -0.2) is 4.79 Å².